The summed E-state index contributed by atoms with van der Waals surface area (Å²) in [5.74, 6) is 0. The molecule has 2 atom stereocenters. The standard InChI is InChI=1S/C6H9F3O2/c1-4(3-10)11-5(2)6(7,8)9/h3-5H,1-2H3/t4-,5-/m1/s1. The van der Waals surface area contributed by atoms with E-state index in [-0.39, 0.29) is 0 Å². The quantitative estimate of drug-likeness (QED) is 0.600. The number of aldehydes is 1. The van der Waals surface area contributed by atoms with Crippen LogP contribution in [0.2, 0.25) is 0 Å². The van der Waals surface area contributed by atoms with E-state index in [4.69, 9.17) is 0 Å². The van der Waals surface area contributed by atoms with Crippen LogP contribution in [-0.2, 0) is 9.53 Å². The zero-order chi connectivity index (χ0) is 9.07. The molecule has 2 nitrogen and oxygen atoms in total. The number of ether oxygens (including phenoxy) is 1. The van der Waals surface area contributed by atoms with Gasteiger partial charge in [0.25, 0.3) is 0 Å². The van der Waals surface area contributed by atoms with Crippen LogP contribution in [0.25, 0.3) is 0 Å². The molecule has 0 saturated heterocycles. The van der Waals surface area contributed by atoms with Gasteiger partial charge in [0, 0.05) is 0 Å². The van der Waals surface area contributed by atoms with Crippen LogP contribution >= 0.6 is 0 Å². The van der Waals surface area contributed by atoms with Gasteiger partial charge < -0.3 is 9.53 Å². The van der Waals surface area contributed by atoms with Crippen LogP contribution in [0.3, 0.4) is 0 Å². The molecular formula is C6H9F3O2. The molecule has 0 rings (SSSR count). The monoisotopic (exact) mass is 170 g/mol. The minimum absolute atomic E-state index is 0.322. The van der Waals surface area contributed by atoms with Gasteiger partial charge in [0.05, 0.1) is 0 Å². The minimum Gasteiger partial charge on any atom is -0.359 e. The Kier molecular flexibility index (Phi) is 3.51. The molecular weight excluding hydrogens is 161 g/mol. The van der Waals surface area contributed by atoms with Gasteiger partial charge in [-0.05, 0) is 13.8 Å². The van der Waals surface area contributed by atoms with Crippen molar-refractivity contribution in [1.29, 1.82) is 0 Å². The topological polar surface area (TPSA) is 26.3 Å². The highest BCUT2D eigenvalue weighted by molar-refractivity contribution is 5.55. The first-order valence-corrected chi connectivity index (χ1v) is 3.05. The van der Waals surface area contributed by atoms with E-state index in [0.717, 1.165) is 6.92 Å². The second-order valence-electron chi connectivity index (χ2n) is 2.16. The van der Waals surface area contributed by atoms with Gasteiger partial charge in [0.15, 0.2) is 6.10 Å². The Morgan fingerprint density at radius 2 is 1.82 bits per heavy atom. The Balaban J connectivity index is 3.87. The molecule has 0 aliphatic heterocycles. The smallest absolute Gasteiger partial charge is 0.359 e. The summed E-state index contributed by atoms with van der Waals surface area (Å²) in [6.07, 6.45) is -6.96. The van der Waals surface area contributed by atoms with Gasteiger partial charge in [0.2, 0.25) is 0 Å². The van der Waals surface area contributed by atoms with Gasteiger partial charge in [-0.25, -0.2) is 0 Å². The number of carbonyl (C=O) groups is 1. The Bertz CT molecular complexity index is 132. The minimum atomic E-state index is -4.39. The highest BCUT2D eigenvalue weighted by atomic mass is 19.4. The lowest BCUT2D eigenvalue weighted by Crippen LogP contribution is -2.32. The maximum Gasteiger partial charge on any atom is 0.414 e. The second-order valence-corrected chi connectivity index (χ2v) is 2.16. The van der Waals surface area contributed by atoms with Crippen LogP contribution in [0.5, 0.6) is 0 Å². The van der Waals surface area contributed by atoms with Crippen LogP contribution in [0, 0.1) is 0 Å². The normalized spacial score (nSPS) is 17.5. The number of alkyl halides is 3. The average Bonchev–Trinajstić information content (AvgIpc) is 1.85. The van der Waals surface area contributed by atoms with Gasteiger partial charge in [0.1, 0.15) is 12.4 Å². The lowest BCUT2D eigenvalue weighted by atomic mass is 10.3. The number of halogens is 3. The first-order valence-electron chi connectivity index (χ1n) is 3.05. The summed E-state index contributed by atoms with van der Waals surface area (Å²) in [6.45, 7) is 2.12. The van der Waals surface area contributed by atoms with E-state index in [1.807, 2.05) is 0 Å². The lowest BCUT2D eigenvalue weighted by molar-refractivity contribution is -0.221. The molecule has 0 N–H and O–H groups in total. The van der Waals surface area contributed by atoms with Gasteiger partial charge in [-0.15, -0.1) is 0 Å². The van der Waals surface area contributed by atoms with Crippen LogP contribution in [0.4, 0.5) is 13.2 Å². The molecule has 66 valence electrons. The largest absolute Gasteiger partial charge is 0.414 e. The highest BCUT2D eigenvalue weighted by Gasteiger charge is 2.37. The fourth-order valence-electron chi connectivity index (χ4n) is 0.431. The number of hydrogen-bond acceptors (Lipinski definition) is 2. The summed E-state index contributed by atoms with van der Waals surface area (Å²) in [5.41, 5.74) is 0. The first-order chi connectivity index (χ1) is 4.88. The summed E-state index contributed by atoms with van der Waals surface area (Å²) in [4.78, 5) is 9.87. The molecule has 0 aromatic carbocycles. The van der Waals surface area contributed by atoms with Gasteiger partial charge in [-0.2, -0.15) is 13.2 Å². The summed E-state index contributed by atoms with van der Waals surface area (Å²) < 4.78 is 39.4. The van der Waals surface area contributed by atoms with Crippen molar-refractivity contribution in [3.8, 4) is 0 Å². The molecule has 0 bridgehead atoms. The fraction of sp³-hybridized carbons (Fsp3) is 0.833. The van der Waals surface area contributed by atoms with E-state index < -0.39 is 18.4 Å². The first kappa shape index (κ1) is 10.4. The SMILES string of the molecule is C[C@H](C=O)O[C@H](C)C(F)(F)F. The van der Waals surface area contributed by atoms with Gasteiger partial charge in [-0.3, -0.25) is 0 Å². The Morgan fingerprint density at radius 3 is 2.09 bits per heavy atom. The molecule has 0 fully saturated rings. The molecule has 5 heteroatoms. The third-order valence-electron chi connectivity index (χ3n) is 1.07. The molecule has 0 aromatic heterocycles. The van der Waals surface area contributed by atoms with Crippen molar-refractivity contribution in [2.75, 3.05) is 0 Å². The van der Waals surface area contributed by atoms with E-state index in [2.05, 4.69) is 4.74 Å². The molecule has 0 aliphatic rings. The molecule has 0 amide bonds. The van der Waals surface area contributed by atoms with Crippen molar-refractivity contribution in [3.05, 3.63) is 0 Å². The van der Waals surface area contributed by atoms with Gasteiger partial charge >= 0.3 is 6.18 Å². The van der Waals surface area contributed by atoms with E-state index in [9.17, 15) is 18.0 Å². The van der Waals surface area contributed by atoms with Gasteiger partial charge in [-0.1, -0.05) is 0 Å². The van der Waals surface area contributed by atoms with Crippen molar-refractivity contribution >= 4 is 6.29 Å². The maximum atomic E-state index is 11.7. The van der Waals surface area contributed by atoms with Crippen LogP contribution in [0.1, 0.15) is 13.8 Å². The zero-order valence-corrected chi connectivity index (χ0v) is 6.18. The Hall–Kier alpha value is -0.580. The van der Waals surface area contributed by atoms with E-state index in [1.165, 1.54) is 6.92 Å². The lowest BCUT2D eigenvalue weighted by Gasteiger charge is -2.17. The Labute approximate surface area is 62.3 Å². The van der Waals surface area contributed by atoms with Crippen LogP contribution in [0.15, 0.2) is 0 Å². The van der Waals surface area contributed by atoms with Crippen molar-refractivity contribution in [2.45, 2.75) is 32.2 Å². The fourth-order valence-corrected chi connectivity index (χ4v) is 0.431. The predicted molar refractivity (Wildman–Crippen MR) is 32.1 cm³/mol. The molecule has 0 unspecified atom stereocenters. The van der Waals surface area contributed by atoms with E-state index in [1.54, 1.807) is 0 Å². The molecule has 11 heavy (non-hydrogen) atoms. The summed E-state index contributed by atoms with van der Waals surface area (Å²) in [7, 11) is 0. The maximum absolute atomic E-state index is 11.7. The van der Waals surface area contributed by atoms with Crippen LogP contribution in [-0.4, -0.2) is 24.7 Å². The number of rotatable bonds is 3. The molecule has 0 spiro atoms. The Morgan fingerprint density at radius 1 is 1.36 bits per heavy atom. The predicted octanol–water partition coefficient (Wildman–Crippen LogP) is 1.54. The molecule has 0 aliphatic carbocycles. The summed E-state index contributed by atoms with van der Waals surface area (Å²) >= 11 is 0. The van der Waals surface area contributed by atoms with Crippen molar-refractivity contribution in [3.63, 3.8) is 0 Å². The summed E-state index contributed by atoms with van der Waals surface area (Å²) in [6, 6.07) is 0. The molecule has 0 radical (unpaired) electrons. The highest BCUT2D eigenvalue weighted by Crippen LogP contribution is 2.22. The third kappa shape index (κ3) is 3.98. The second kappa shape index (κ2) is 3.71. The molecule has 0 saturated carbocycles. The van der Waals surface area contributed by atoms with Crippen molar-refractivity contribution in [1.82, 2.24) is 0 Å². The van der Waals surface area contributed by atoms with Crippen molar-refractivity contribution < 1.29 is 22.7 Å². The van der Waals surface area contributed by atoms with Crippen LogP contribution < -0.4 is 0 Å². The number of carbonyl (C=O) groups excluding carboxylic acids is 1. The average molecular weight is 170 g/mol. The third-order valence-corrected chi connectivity index (χ3v) is 1.07. The van der Waals surface area contributed by atoms with E-state index in [0.29, 0.717) is 6.29 Å². The number of hydrogen-bond donors (Lipinski definition) is 0. The van der Waals surface area contributed by atoms with Crippen molar-refractivity contribution in [2.24, 2.45) is 0 Å². The molecule has 0 heterocycles. The zero-order valence-electron chi connectivity index (χ0n) is 6.18. The van der Waals surface area contributed by atoms with E-state index >= 15 is 0 Å². The molecule has 0 aromatic rings. The summed E-state index contributed by atoms with van der Waals surface area (Å²) in [5, 5.41) is 0.